The summed E-state index contributed by atoms with van der Waals surface area (Å²) in [5, 5.41) is 1.10. The van der Waals surface area contributed by atoms with Crippen LogP contribution in [0.25, 0.3) is 0 Å². The Balaban J connectivity index is 2.10. The van der Waals surface area contributed by atoms with Crippen molar-refractivity contribution in [1.29, 1.82) is 0 Å². The number of anilines is 1. The highest BCUT2D eigenvalue weighted by Crippen LogP contribution is 2.23. The molecular weight excluding hydrogens is 278 g/mol. The molecule has 0 N–H and O–H groups in total. The molecule has 1 unspecified atom stereocenters. The molecule has 0 saturated carbocycles. The second-order valence-electron chi connectivity index (χ2n) is 4.88. The number of rotatable bonds is 3. The molecule has 1 atom stereocenters. The summed E-state index contributed by atoms with van der Waals surface area (Å²) in [5.74, 6) is 1.70. The zero-order valence-electron chi connectivity index (χ0n) is 10.6. The van der Waals surface area contributed by atoms with Crippen molar-refractivity contribution in [3.05, 3.63) is 17.5 Å². The number of nitrogens with zero attached hydrogens (tertiary/aromatic N) is 3. The Morgan fingerprint density at radius 1 is 1.35 bits per heavy atom. The highest BCUT2D eigenvalue weighted by molar-refractivity contribution is 9.09. The zero-order valence-corrected chi connectivity index (χ0v) is 12.2. The van der Waals surface area contributed by atoms with Crippen molar-refractivity contribution in [3.63, 3.8) is 0 Å². The number of piperidine rings is 1. The van der Waals surface area contributed by atoms with Crippen molar-refractivity contribution in [1.82, 2.24) is 9.97 Å². The predicted octanol–water partition coefficient (Wildman–Crippen LogP) is 3.09. The van der Waals surface area contributed by atoms with Crippen molar-refractivity contribution in [2.45, 2.75) is 33.1 Å². The molecule has 3 nitrogen and oxygen atoms in total. The van der Waals surface area contributed by atoms with Crippen LogP contribution in [0.2, 0.25) is 0 Å². The predicted molar refractivity (Wildman–Crippen MR) is 74.9 cm³/mol. The first-order chi connectivity index (χ1) is 8.19. The van der Waals surface area contributed by atoms with Gasteiger partial charge in [0.15, 0.2) is 0 Å². The molecule has 0 bridgehead atoms. The molecule has 0 spiro atoms. The van der Waals surface area contributed by atoms with Crippen molar-refractivity contribution in [2.75, 3.05) is 23.3 Å². The van der Waals surface area contributed by atoms with Crippen LogP contribution in [0.1, 0.15) is 30.7 Å². The molecule has 17 heavy (non-hydrogen) atoms. The third-order valence-corrected chi connectivity index (χ3v) is 3.75. The lowest BCUT2D eigenvalue weighted by Gasteiger charge is -2.32. The molecule has 1 aromatic heterocycles. The van der Waals surface area contributed by atoms with Crippen LogP contribution in [0.3, 0.4) is 0 Å². The highest BCUT2D eigenvalue weighted by atomic mass is 79.9. The van der Waals surface area contributed by atoms with E-state index < -0.39 is 0 Å². The van der Waals surface area contributed by atoms with Crippen LogP contribution in [0.5, 0.6) is 0 Å². The van der Waals surface area contributed by atoms with Gasteiger partial charge in [-0.15, -0.1) is 0 Å². The van der Waals surface area contributed by atoms with Gasteiger partial charge in [-0.1, -0.05) is 15.9 Å². The zero-order chi connectivity index (χ0) is 12.3. The molecule has 2 rings (SSSR count). The van der Waals surface area contributed by atoms with E-state index in [-0.39, 0.29) is 0 Å². The van der Waals surface area contributed by atoms with Gasteiger partial charge in [-0.25, -0.2) is 9.97 Å². The number of hydrogen-bond donors (Lipinski definition) is 0. The van der Waals surface area contributed by atoms with Crippen molar-refractivity contribution in [2.24, 2.45) is 5.92 Å². The third kappa shape index (κ3) is 3.41. The monoisotopic (exact) mass is 297 g/mol. The Kier molecular flexibility index (Phi) is 4.37. The SMILES string of the molecule is Cc1cc(C)nc(N2CCCC(CCBr)C2)n1. The van der Waals surface area contributed by atoms with Gasteiger partial charge in [-0.2, -0.15) is 0 Å². The van der Waals surface area contributed by atoms with Crippen molar-refractivity contribution < 1.29 is 0 Å². The first-order valence-corrected chi connectivity index (χ1v) is 7.44. The van der Waals surface area contributed by atoms with Crippen LogP contribution < -0.4 is 4.90 Å². The van der Waals surface area contributed by atoms with Gasteiger partial charge in [0, 0.05) is 29.8 Å². The maximum absolute atomic E-state index is 4.56. The topological polar surface area (TPSA) is 29.0 Å². The quantitative estimate of drug-likeness (QED) is 0.803. The van der Waals surface area contributed by atoms with Crippen LogP contribution in [-0.4, -0.2) is 28.4 Å². The minimum Gasteiger partial charge on any atom is -0.341 e. The van der Waals surface area contributed by atoms with Crippen LogP contribution in [-0.2, 0) is 0 Å². The van der Waals surface area contributed by atoms with Gasteiger partial charge in [-0.3, -0.25) is 0 Å². The van der Waals surface area contributed by atoms with Gasteiger partial charge in [0.1, 0.15) is 0 Å². The smallest absolute Gasteiger partial charge is 0.225 e. The summed E-state index contributed by atoms with van der Waals surface area (Å²) < 4.78 is 0. The fourth-order valence-corrected chi connectivity index (χ4v) is 3.13. The fraction of sp³-hybridized carbons (Fsp3) is 0.692. The van der Waals surface area contributed by atoms with Crippen LogP contribution >= 0.6 is 15.9 Å². The van der Waals surface area contributed by atoms with Gasteiger partial charge in [0.05, 0.1) is 0 Å². The summed E-state index contributed by atoms with van der Waals surface area (Å²) >= 11 is 3.53. The van der Waals surface area contributed by atoms with E-state index in [4.69, 9.17) is 0 Å². The summed E-state index contributed by atoms with van der Waals surface area (Å²) in [5.41, 5.74) is 2.13. The van der Waals surface area contributed by atoms with Crippen LogP contribution in [0, 0.1) is 19.8 Å². The van der Waals surface area contributed by atoms with Crippen LogP contribution in [0.15, 0.2) is 6.07 Å². The van der Waals surface area contributed by atoms with Crippen molar-refractivity contribution in [3.8, 4) is 0 Å². The van der Waals surface area contributed by atoms with Gasteiger partial charge in [0.2, 0.25) is 5.95 Å². The average molecular weight is 298 g/mol. The van der Waals surface area contributed by atoms with Gasteiger partial charge >= 0.3 is 0 Å². The largest absolute Gasteiger partial charge is 0.341 e. The summed E-state index contributed by atoms with van der Waals surface area (Å²) in [4.78, 5) is 11.5. The lowest BCUT2D eigenvalue weighted by Crippen LogP contribution is -2.36. The second kappa shape index (κ2) is 5.80. The molecular formula is C13H20BrN3. The van der Waals surface area contributed by atoms with E-state index in [1.54, 1.807) is 0 Å². The molecule has 4 heteroatoms. The normalized spacial score (nSPS) is 20.6. The van der Waals surface area contributed by atoms with E-state index >= 15 is 0 Å². The summed E-state index contributed by atoms with van der Waals surface area (Å²) in [6.07, 6.45) is 3.85. The standard InChI is InChI=1S/C13H20BrN3/c1-10-8-11(2)16-13(15-10)17-7-3-4-12(9-17)5-6-14/h8,12H,3-7,9H2,1-2H3. The molecule has 0 radical (unpaired) electrons. The fourth-order valence-electron chi connectivity index (χ4n) is 2.49. The summed E-state index contributed by atoms with van der Waals surface area (Å²) in [6.45, 7) is 6.28. The van der Waals surface area contributed by atoms with Crippen molar-refractivity contribution >= 4 is 21.9 Å². The van der Waals surface area contributed by atoms with E-state index in [9.17, 15) is 0 Å². The number of aryl methyl sites for hydroxylation is 2. The van der Waals surface area contributed by atoms with Gasteiger partial charge < -0.3 is 4.90 Å². The lowest BCUT2D eigenvalue weighted by atomic mass is 9.96. The number of aromatic nitrogens is 2. The average Bonchev–Trinajstić information content (AvgIpc) is 2.28. The van der Waals surface area contributed by atoms with Gasteiger partial charge in [-0.05, 0) is 45.1 Å². The van der Waals surface area contributed by atoms with Gasteiger partial charge in [0.25, 0.3) is 0 Å². The number of hydrogen-bond acceptors (Lipinski definition) is 3. The molecule has 1 aromatic rings. The lowest BCUT2D eigenvalue weighted by molar-refractivity contribution is 0.404. The molecule has 2 heterocycles. The van der Waals surface area contributed by atoms with E-state index in [1.165, 1.54) is 19.3 Å². The van der Waals surface area contributed by atoms with E-state index in [2.05, 4.69) is 30.8 Å². The first kappa shape index (κ1) is 12.8. The number of alkyl halides is 1. The second-order valence-corrected chi connectivity index (χ2v) is 5.68. The maximum atomic E-state index is 4.56. The summed E-state index contributed by atoms with van der Waals surface area (Å²) in [6, 6.07) is 2.03. The molecule has 0 aromatic carbocycles. The number of halogens is 1. The third-order valence-electron chi connectivity index (χ3n) is 3.29. The van der Waals surface area contributed by atoms with Crippen LogP contribution in [0.4, 0.5) is 5.95 Å². The Hall–Kier alpha value is -0.640. The molecule has 0 amide bonds. The minimum absolute atomic E-state index is 0.785. The van der Waals surface area contributed by atoms with E-state index in [1.807, 2.05) is 19.9 Å². The Morgan fingerprint density at radius 2 is 2.06 bits per heavy atom. The Labute approximate surface area is 112 Å². The molecule has 1 aliphatic rings. The summed E-state index contributed by atoms with van der Waals surface area (Å²) in [7, 11) is 0. The Bertz CT molecular complexity index is 359. The van der Waals surface area contributed by atoms with E-state index in [0.29, 0.717) is 0 Å². The Morgan fingerprint density at radius 3 is 2.71 bits per heavy atom. The molecule has 94 valence electrons. The van der Waals surface area contributed by atoms with E-state index in [0.717, 1.165) is 41.7 Å². The molecule has 1 saturated heterocycles. The molecule has 0 aliphatic carbocycles. The molecule has 1 fully saturated rings. The maximum Gasteiger partial charge on any atom is 0.225 e. The first-order valence-electron chi connectivity index (χ1n) is 6.32. The molecule has 1 aliphatic heterocycles. The highest BCUT2D eigenvalue weighted by Gasteiger charge is 2.21. The minimum atomic E-state index is 0.785.